The summed E-state index contributed by atoms with van der Waals surface area (Å²) in [5.41, 5.74) is -1.62. The summed E-state index contributed by atoms with van der Waals surface area (Å²) >= 11 is 0. The Kier molecular flexibility index (Phi) is 7.49. The van der Waals surface area contributed by atoms with Crippen LogP contribution in [0.5, 0.6) is 0 Å². The monoisotopic (exact) mass is 614 g/mol. The van der Waals surface area contributed by atoms with Crippen LogP contribution in [0.15, 0.2) is 84.0 Å². The van der Waals surface area contributed by atoms with Crippen LogP contribution in [0.4, 0.5) is 23.7 Å². The molecule has 13 heteroatoms. The highest BCUT2D eigenvalue weighted by Crippen LogP contribution is 2.60. The lowest BCUT2D eigenvalue weighted by Crippen LogP contribution is -2.55. The van der Waals surface area contributed by atoms with E-state index < -0.39 is 45.3 Å². The number of anilines is 1. The molecule has 0 saturated heterocycles. The number of halogens is 3. The van der Waals surface area contributed by atoms with Crippen molar-refractivity contribution in [3.8, 4) is 11.1 Å². The minimum atomic E-state index is -4.72. The first-order chi connectivity index (χ1) is 20.1. The topological polar surface area (TPSA) is 119 Å². The first kappa shape index (κ1) is 30.1. The van der Waals surface area contributed by atoms with E-state index in [1.54, 1.807) is 63.2 Å². The molecule has 0 spiro atoms. The van der Waals surface area contributed by atoms with Crippen LogP contribution in [0.3, 0.4) is 0 Å². The van der Waals surface area contributed by atoms with E-state index in [4.69, 9.17) is 4.74 Å². The van der Waals surface area contributed by atoms with E-state index in [0.717, 1.165) is 3.97 Å². The molecule has 0 radical (unpaired) electrons. The summed E-state index contributed by atoms with van der Waals surface area (Å²) in [6, 6.07) is 15.7. The van der Waals surface area contributed by atoms with Crippen LogP contribution in [0.1, 0.15) is 33.6 Å². The molecule has 9 nitrogen and oxygen atoms in total. The Morgan fingerprint density at radius 1 is 0.977 bits per heavy atom. The van der Waals surface area contributed by atoms with Crippen molar-refractivity contribution in [3.63, 3.8) is 0 Å². The van der Waals surface area contributed by atoms with Crippen molar-refractivity contribution in [1.82, 2.24) is 14.3 Å². The third-order valence-corrected chi connectivity index (χ3v) is 8.83. The number of hydrogen-bond donors (Lipinski definition) is 2. The molecule has 4 aromatic rings. The number of nitrogens with one attached hydrogen (secondary N) is 2. The predicted molar refractivity (Wildman–Crippen MR) is 154 cm³/mol. The van der Waals surface area contributed by atoms with Crippen LogP contribution in [0.25, 0.3) is 22.2 Å². The molecule has 0 aliphatic heterocycles. The second kappa shape index (κ2) is 10.7. The van der Waals surface area contributed by atoms with Crippen LogP contribution in [0.2, 0.25) is 0 Å². The van der Waals surface area contributed by atoms with Gasteiger partial charge in [-0.25, -0.2) is 22.2 Å². The van der Waals surface area contributed by atoms with E-state index in [9.17, 15) is 31.2 Å². The Hall–Kier alpha value is -4.39. The Labute approximate surface area is 246 Å². The van der Waals surface area contributed by atoms with Crippen LogP contribution in [-0.4, -0.2) is 47.2 Å². The summed E-state index contributed by atoms with van der Waals surface area (Å²) in [4.78, 5) is 29.9. The third-order valence-electron chi connectivity index (χ3n) is 7.15. The fourth-order valence-corrected chi connectivity index (χ4v) is 6.19. The lowest BCUT2D eigenvalue weighted by atomic mass is 9.94. The molecule has 1 saturated carbocycles. The molecule has 0 bridgehead atoms. The summed E-state index contributed by atoms with van der Waals surface area (Å²) in [5, 5.41) is 5.17. The van der Waals surface area contributed by atoms with Gasteiger partial charge in [-0.1, -0.05) is 30.3 Å². The van der Waals surface area contributed by atoms with Crippen molar-refractivity contribution in [2.75, 3.05) is 5.32 Å². The van der Waals surface area contributed by atoms with Gasteiger partial charge in [0.2, 0.25) is 5.91 Å². The van der Waals surface area contributed by atoms with Gasteiger partial charge < -0.3 is 15.4 Å². The number of pyridine rings is 1. The lowest BCUT2D eigenvalue weighted by Gasteiger charge is -2.30. The number of carbonyl (C=O) groups excluding carboxylic acids is 2. The normalized spacial score (nSPS) is 15.5. The molecule has 2 heterocycles. The van der Waals surface area contributed by atoms with Gasteiger partial charge in [0, 0.05) is 23.5 Å². The first-order valence-electron chi connectivity index (χ1n) is 13.4. The molecule has 5 rings (SSSR count). The van der Waals surface area contributed by atoms with E-state index >= 15 is 0 Å². The second-order valence-corrected chi connectivity index (χ2v) is 13.1. The van der Waals surface area contributed by atoms with Gasteiger partial charge in [-0.2, -0.15) is 13.2 Å². The average Bonchev–Trinajstić information content (AvgIpc) is 3.63. The standard InChI is InChI=1S/C30H29F3N4O5S/c1-28(2,3)42-27(39)36-24(29(15-16-29)30(31,32)33)26(38)35-20-11-9-19(10-12-20)22-13-17-34-25-23(22)14-18-37(25)43(40,41)21-7-5-4-6-8-21/h4-14,17-18,24H,15-16H2,1-3H3,(H,35,38)(H,36,39). The number of rotatable bonds is 7. The Bertz CT molecular complexity index is 1780. The molecular weight excluding hydrogens is 585 g/mol. The number of alkyl halides is 3. The van der Waals surface area contributed by atoms with Gasteiger partial charge in [-0.05, 0) is 81.1 Å². The predicted octanol–water partition coefficient (Wildman–Crippen LogP) is 6.11. The Balaban J connectivity index is 1.39. The zero-order valence-electron chi connectivity index (χ0n) is 23.5. The number of fused-ring (bicyclic) bond motifs is 1. The summed E-state index contributed by atoms with van der Waals surface area (Å²) in [7, 11) is -3.90. The molecule has 2 aromatic heterocycles. The van der Waals surface area contributed by atoms with Gasteiger partial charge in [0.15, 0.2) is 5.65 Å². The summed E-state index contributed by atoms with van der Waals surface area (Å²) in [5.74, 6) is -1.03. The van der Waals surface area contributed by atoms with Gasteiger partial charge >= 0.3 is 12.3 Å². The number of alkyl carbamates (subject to hydrolysis) is 1. The smallest absolute Gasteiger partial charge is 0.408 e. The largest absolute Gasteiger partial charge is 0.444 e. The molecule has 2 amide bonds. The Morgan fingerprint density at radius 2 is 1.63 bits per heavy atom. The molecule has 1 atom stereocenters. The summed E-state index contributed by atoms with van der Waals surface area (Å²) in [6.07, 6.45) is -3.55. The van der Waals surface area contributed by atoms with Gasteiger partial charge in [-0.3, -0.25) is 4.79 Å². The highest BCUT2D eigenvalue weighted by Gasteiger charge is 2.69. The number of ether oxygens (including phenoxy) is 1. The maximum absolute atomic E-state index is 14.0. The lowest BCUT2D eigenvalue weighted by molar-refractivity contribution is -0.196. The van der Waals surface area contributed by atoms with Gasteiger partial charge in [0.05, 0.1) is 10.3 Å². The van der Waals surface area contributed by atoms with Crippen LogP contribution in [-0.2, 0) is 19.6 Å². The minimum Gasteiger partial charge on any atom is -0.444 e. The molecule has 1 fully saturated rings. The van der Waals surface area contributed by atoms with Crippen molar-refractivity contribution in [1.29, 1.82) is 0 Å². The van der Waals surface area contributed by atoms with Gasteiger partial charge in [0.25, 0.3) is 10.0 Å². The second-order valence-electron chi connectivity index (χ2n) is 11.3. The molecular formula is C30H29F3N4O5S. The molecule has 2 aromatic carbocycles. The van der Waals surface area contributed by atoms with Crippen LogP contribution >= 0.6 is 0 Å². The number of nitrogens with zero attached hydrogens (tertiary/aromatic N) is 2. The molecule has 226 valence electrons. The highest BCUT2D eigenvalue weighted by molar-refractivity contribution is 7.90. The Morgan fingerprint density at radius 3 is 2.21 bits per heavy atom. The number of amides is 2. The van der Waals surface area contributed by atoms with Crippen LogP contribution < -0.4 is 10.6 Å². The van der Waals surface area contributed by atoms with Crippen molar-refractivity contribution in [2.45, 2.75) is 56.3 Å². The van der Waals surface area contributed by atoms with Gasteiger partial charge in [0.1, 0.15) is 11.6 Å². The van der Waals surface area contributed by atoms with Crippen molar-refractivity contribution in [2.24, 2.45) is 5.41 Å². The zero-order valence-corrected chi connectivity index (χ0v) is 24.3. The van der Waals surface area contributed by atoms with E-state index in [1.165, 1.54) is 36.7 Å². The van der Waals surface area contributed by atoms with E-state index in [2.05, 4.69) is 15.6 Å². The van der Waals surface area contributed by atoms with Crippen molar-refractivity contribution in [3.05, 3.63) is 79.1 Å². The number of hydrogen-bond acceptors (Lipinski definition) is 6. The van der Waals surface area contributed by atoms with E-state index in [-0.39, 0.29) is 29.1 Å². The molecule has 1 aliphatic carbocycles. The fraction of sp³-hybridized carbons (Fsp3) is 0.300. The minimum absolute atomic E-state index is 0.109. The quantitative estimate of drug-likeness (QED) is 0.259. The number of aromatic nitrogens is 2. The number of benzene rings is 2. The SMILES string of the molecule is CC(C)(C)OC(=O)NC(C(=O)Nc1ccc(-c2ccnc3c2ccn3S(=O)(=O)c2ccccc2)cc1)C1(C(F)(F)F)CC1. The maximum Gasteiger partial charge on any atom is 0.408 e. The summed E-state index contributed by atoms with van der Waals surface area (Å²) in [6.45, 7) is 4.69. The van der Waals surface area contributed by atoms with Crippen LogP contribution in [0, 0.1) is 5.41 Å². The average molecular weight is 615 g/mol. The summed E-state index contributed by atoms with van der Waals surface area (Å²) < 4.78 is 74.5. The van der Waals surface area contributed by atoms with Crippen molar-refractivity contribution >= 4 is 38.7 Å². The van der Waals surface area contributed by atoms with Gasteiger partial charge in [-0.15, -0.1) is 0 Å². The zero-order chi connectivity index (χ0) is 31.2. The molecule has 43 heavy (non-hydrogen) atoms. The molecule has 1 aliphatic rings. The number of carbonyl (C=O) groups is 2. The molecule has 1 unspecified atom stereocenters. The third kappa shape index (κ3) is 5.94. The molecule has 2 N–H and O–H groups in total. The first-order valence-corrected chi connectivity index (χ1v) is 14.8. The maximum atomic E-state index is 14.0. The fourth-order valence-electron chi connectivity index (χ4n) is 4.86. The van der Waals surface area contributed by atoms with E-state index in [1.807, 2.05) is 0 Å². The highest BCUT2D eigenvalue weighted by atomic mass is 32.2. The van der Waals surface area contributed by atoms with Crippen molar-refractivity contribution < 1.29 is 35.9 Å². The van der Waals surface area contributed by atoms with E-state index in [0.29, 0.717) is 16.5 Å².